The molecule has 9 heteroatoms. The Kier molecular flexibility index (Phi) is 6.45. The van der Waals surface area contributed by atoms with Crippen LogP contribution in [0.1, 0.15) is 30.4 Å². The van der Waals surface area contributed by atoms with E-state index in [1.807, 2.05) is 57.2 Å². The van der Waals surface area contributed by atoms with Gasteiger partial charge in [-0.25, -0.2) is 0 Å². The number of carbonyl (C=O) groups excluding carboxylic acids is 2. The molecular formula is C23H24N4O4S. The van der Waals surface area contributed by atoms with E-state index < -0.39 is 0 Å². The number of thioether (sulfide) groups is 1. The number of aryl methyl sites for hydroxylation is 2. The Bertz CT molecular complexity index is 1150. The first-order valence-electron chi connectivity index (χ1n) is 10.3. The van der Waals surface area contributed by atoms with Gasteiger partial charge < -0.3 is 19.4 Å². The number of benzene rings is 2. The third-order valence-corrected chi connectivity index (χ3v) is 5.89. The number of rotatable bonds is 6. The predicted molar refractivity (Wildman–Crippen MR) is 122 cm³/mol. The zero-order chi connectivity index (χ0) is 22.7. The van der Waals surface area contributed by atoms with Gasteiger partial charge in [0.15, 0.2) is 6.61 Å². The summed E-state index contributed by atoms with van der Waals surface area (Å²) >= 11 is 1.16. The Hall–Kier alpha value is -3.33. The fraction of sp³-hybridized carbons (Fsp3) is 0.304. The average molecular weight is 453 g/mol. The van der Waals surface area contributed by atoms with E-state index in [2.05, 4.69) is 15.5 Å². The Morgan fingerprint density at radius 2 is 2.06 bits per heavy atom. The molecule has 0 radical (unpaired) electrons. The number of hydrogen-bond donors (Lipinski definition) is 1. The van der Waals surface area contributed by atoms with Crippen molar-refractivity contribution < 1.29 is 18.7 Å². The number of hydrogen-bond acceptors (Lipinski definition) is 7. The second-order valence-electron chi connectivity index (χ2n) is 7.69. The van der Waals surface area contributed by atoms with Crippen LogP contribution in [0, 0.1) is 13.8 Å². The van der Waals surface area contributed by atoms with Crippen LogP contribution in [0.4, 0.5) is 11.4 Å². The molecule has 3 aromatic rings. The molecule has 8 nitrogen and oxygen atoms in total. The van der Waals surface area contributed by atoms with Crippen LogP contribution in [0.25, 0.3) is 0 Å². The molecule has 2 aromatic carbocycles. The number of nitrogens with one attached hydrogen (secondary N) is 1. The van der Waals surface area contributed by atoms with Crippen LogP contribution in [0.15, 0.2) is 52.1 Å². The van der Waals surface area contributed by atoms with E-state index in [1.54, 1.807) is 11.0 Å². The van der Waals surface area contributed by atoms with Crippen molar-refractivity contribution >= 4 is 35.0 Å². The number of para-hydroxylation sites is 2. The van der Waals surface area contributed by atoms with Gasteiger partial charge in [0, 0.05) is 12.5 Å². The van der Waals surface area contributed by atoms with E-state index in [0.29, 0.717) is 22.5 Å². The normalized spacial score (nSPS) is 15.7. The number of carbonyl (C=O) groups is 2. The van der Waals surface area contributed by atoms with E-state index in [1.165, 1.54) is 0 Å². The Morgan fingerprint density at radius 3 is 2.91 bits per heavy atom. The minimum Gasteiger partial charge on any atom is -0.484 e. The van der Waals surface area contributed by atoms with Crippen molar-refractivity contribution in [3.05, 3.63) is 59.5 Å². The number of nitrogens with zero attached hydrogens (tertiary/aromatic N) is 3. The molecule has 0 spiro atoms. The molecule has 1 unspecified atom stereocenters. The van der Waals surface area contributed by atoms with Crippen LogP contribution < -0.4 is 15.0 Å². The standard InChI is InChI=1S/C23H24N4O4S/c1-14-8-9-15(2)19(10-14)30-12-21-25-26-23(31-21)32-13-22(29)27-16(3)11-20(28)24-17-6-4-5-7-18(17)27/h4-10,16H,11-13H2,1-3H3,(H,24,28). The largest absolute Gasteiger partial charge is 0.484 e. The van der Waals surface area contributed by atoms with E-state index in [-0.39, 0.29) is 36.6 Å². The second kappa shape index (κ2) is 9.44. The SMILES string of the molecule is Cc1ccc(C)c(OCc2nnc(SCC(=O)N3c4ccccc4NC(=O)CC3C)o2)c1. The van der Waals surface area contributed by atoms with E-state index >= 15 is 0 Å². The van der Waals surface area contributed by atoms with Crippen LogP contribution in [0.2, 0.25) is 0 Å². The van der Waals surface area contributed by atoms with Gasteiger partial charge in [0.2, 0.25) is 11.8 Å². The summed E-state index contributed by atoms with van der Waals surface area (Å²) in [6.07, 6.45) is 0.228. The summed E-state index contributed by atoms with van der Waals surface area (Å²) in [5.41, 5.74) is 3.44. The average Bonchev–Trinajstić information content (AvgIpc) is 3.17. The molecule has 1 aliphatic heterocycles. The highest BCUT2D eigenvalue weighted by molar-refractivity contribution is 7.99. The highest BCUT2D eigenvalue weighted by atomic mass is 32.2. The van der Waals surface area contributed by atoms with Gasteiger partial charge in [-0.3, -0.25) is 9.59 Å². The predicted octanol–water partition coefficient (Wildman–Crippen LogP) is 4.12. The molecule has 1 aromatic heterocycles. The zero-order valence-corrected chi connectivity index (χ0v) is 18.9. The third kappa shape index (κ3) is 4.94. The summed E-state index contributed by atoms with van der Waals surface area (Å²) in [7, 11) is 0. The zero-order valence-electron chi connectivity index (χ0n) is 18.1. The van der Waals surface area contributed by atoms with Gasteiger partial charge in [-0.1, -0.05) is 36.0 Å². The van der Waals surface area contributed by atoms with Gasteiger partial charge in [-0.05, 0) is 50.1 Å². The summed E-state index contributed by atoms with van der Waals surface area (Å²) in [4.78, 5) is 26.8. The maximum Gasteiger partial charge on any atom is 0.277 e. The number of anilines is 2. The van der Waals surface area contributed by atoms with Gasteiger partial charge >= 0.3 is 0 Å². The Morgan fingerprint density at radius 1 is 1.25 bits per heavy atom. The van der Waals surface area contributed by atoms with Crippen molar-refractivity contribution in [3.8, 4) is 5.75 Å². The lowest BCUT2D eigenvalue weighted by molar-refractivity contribution is -0.117. The number of fused-ring (bicyclic) bond motifs is 1. The topological polar surface area (TPSA) is 97.6 Å². The Balaban J connectivity index is 1.39. The summed E-state index contributed by atoms with van der Waals surface area (Å²) in [5, 5.41) is 11.2. The monoisotopic (exact) mass is 452 g/mol. The van der Waals surface area contributed by atoms with Crippen molar-refractivity contribution in [2.75, 3.05) is 16.0 Å². The molecule has 0 saturated carbocycles. The highest BCUT2D eigenvalue weighted by Gasteiger charge is 2.29. The van der Waals surface area contributed by atoms with Gasteiger partial charge in [0.05, 0.1) is 17.1 Å². The summed E-state index contributed by atoms with van der Waals surface area (Å²) in [5.74, 6) is 0.955. The second-order valence-corrected chi connectivity index (χ2v) is 8.62. The van der Waals surface area contributed by atoms with Crippen molar-refractivity contribution in [2.45, 2.75) is 45.1 Å². The number of ether oxygens (including phenoxy) is 1. The van der Waals surface area contributed by atoms with E-state index in [9.17, 15) is 9.59 Å². The fourth-order valence-electron chi connectivity index (χ4n) is 3.52. The summed E-state index contributed by atoms with van der Waals surface area (Å²) in [6, 6.07) is 13.0. The molecule has 0 fully saturated rings. The van der Waals surface area contributed by atoms with Crippen molar-refractivity contribution in [3.63, 3.8) is 0 Å². The van der Waals surface area contributed by atoms with E-state index in [0.717, 1.165) is 28.6 Å². The van der Waals surface area contributed by atoms with Crippen molar-refractivity contribution in [1.29, 1.82) is 0 Å². The summed E-state index contributed by atoms with van der Waals surface area (Å²) < 4.78 is 11.4. The molecule has 1 N–H and O–H groups in total. The molecule has 2 amide bonds. The molecular weight excluding hydrogens is 428 g/mol. The van der Waals surface area contributed by atoms with Crippen LogP contribution in [0.5, 0.6) is 5.75 Å². The first kappa shape index (κ1) is 21.9. The van der Waals surface area contributed by atoms with Crippen molar-refractivity contribution in [2.24, 2.45) is 0 Å². The highest BCUT2D eigenvalue weighted by Crippen LogP contribution is 2.32. The first-order chi connectivity index (χ1) is 15.4. The first-order valence-corrected chi connectivity index (χ1v) is 11.3. The van der Waals surface area contributed by atoms with Crippen LogP contribution in [0.3, 0.4) is 0 Å². The molecule has 166 valence electrons. The lowest BCUT2D eigenvalue weighted by Crippen LogP contribution is -2.40. The lowest BCUT2D eigenvalue weighted by Gasteiger charge is -2.27. The molecule has 0 aliphatic carbocycles. The minimum atomic E-state index is -0.268. The molecule has 32 heavy (non-hydrogen) atoms. The lowest BCUT2D eigenvalue weighted by atomic mass is 10.1. The van der Waals surface area contributed by atoms with Gasteiger partial charge in [0.25, 0.3) is 11.1 Å². The molecule has 4 rings (SSSR count). The minimum absolute atomic E-state index is 0.104. The van der Waals surface area contributed by atoms with E-state index in [4.69, 9.17) is 9.15 Å². The van der Waals surface area contributed by atoms with Crippen LogP contribution in [-0.4, -0.2) is 33.8 Å². The summed E-state index contributed by atoms with van der Waals surface area (Å²) in [6.45, 7) is 5.98. The maximum absolute atomic E-state index is 13.0. The van der Waals surface area contributed by atoms with Crippen LogP contribution in [-0.2, 0) is 16.2 Å². The number of amides is 2. The smallest absolute Gasteiger partial charge is 0.277 e. The fourth-order valence-corrected chi connectivity index (χ4v) is 4.16. The van der Waals surface area contributed by atoms with Crippen LogP contribution >= 0.6 is 11.8 Å². The Labute approximate surface area is 190 Å². The maximum atomic E-state index is 13.0. The quantitative estimate of drug-likeness (QED) is 0.562. The van der Waals surface area contributed by atoms with Crippen molar-refractivity contribution in [1.82, 2.24) is 10.2 Å². The van der Waals surface area contributed by atoms with Gasteiger partial charge in [-0.2, -0.15) is 0 Å². The molecule has 2 heterocycles. The number of aromatic nitrogens is 2. The van der Waals surface area contributed by atoms with Gasteiger partial charge in [0.1, 0.15) is 5.75 Å². The third-order valence-electron chi connectivity index (χ3n) is 5.09. The molecule has 1 atom stereocenters. The van der Waals surface area contributed by atoms with Gasteiger partial charge in [-0.15, -0.1) is 10.2 Å². The molecule has 0 bridgehead atoms. The molecule has 0 saturated heterocycles. The molecule has 1 aliphatic rings.